The van der Waals surface area contributed by atoms with E-state index >= 15 is 0 Å². The lowest BCUT2D eigenvalue weighted by molar-refractivity contribution is 0.0787. The molecule has 0 bridgehead atoms. The summed E-state index contributed by atoms with van der Waals surface area (Å²) in [6, 6.07) is 24.7. The molecule has 3 aliphatic heterocycles. The Bertz CT molecular complexity index is 1810. The van der Waals surface area contributed by atoms with Gasteiger partial charge < -0.3 is 24.1 Å². The Kier molecular flexibility index (Phi) is 9.04. The second kappa shape index (κ2) is 13.7. The number of nitrogens with zero attached hydrogens (tertiary/aromatic N) is 7. The topological polar surface area (TPSA) is 78.6 Å². The van der Waals surface area contributed by atoms with Crippen molar-refractivity contribution in [3.63, 3.8) is 0 Å². The van der Waals surface area contributed by atoms with Gasteiger partial charge in [0, 0.05) is 42.8 Å². The zero-order valence-corrected chi connectivity index (χ0v) is 27.8. The highest BCUT2D eigenvalue weighted by atomic mass is 16.6. The fraction of sp³-hybridized carbons (Fsp3) is 0.421. The molecule has 1 unspecified atom stereocenters. The average molecular weight is 646 g/mol. The number of hydrogen-bond donors (Lipinski definition) is 0. The molecule has 4 aromatic rings. The van der Waals surface area contributed by atoms with E-state index in [1.54, 1.807) is 4.90 Å². The Morgan fingerprint density at radius 2 is 1.79 bits per heavy atom. The molecular weight excluding hydrogens is 602 g/mol. The number of fused-ring (bicyclic) bond motifs is 2. The second-order valence-electron chi connectivity index (χ2n) is 13.4. The third kappa shape index (κ3) is 6.47. The molecule has 4 heterocycles. The van der Waals surface area contributed by atoms with Crippen LogP contribution in [0.1, 0.15) is 36.6 Å². The molecular formula is C38H43N7O3. The number of aromatic nitrogens is 2. The minimum atomic E-state index is -0.388. The van der Waals surface area contributed by atoms with Crippen LogP contribution in [-0.4, -0.2) is 90.4 Å². The Morgan fingerprint density at radius 1 is 0.979 bits per heavy atom. The first-order valence-electron chi connectivity index (χ1n) is 16.9. The number of ether oxygens (including phenoxy) is 2. The Morgan fingerprint density at radius 3 is 2.60 bits per heavy atom. The van der Waals surface area contributed by atoms with Gasteiger partial charge in [0.2, 0.25) is 6.54 Å². The maximum absolute atomic E-state index is 13.2. The Labute approximate surface area is 282 Å². The molecule has 0 spiro atoms. The van der Waals surface area contributed by atoms with Crippen LogP contribution in [0.2, 0.25) is 0 Å². The highest BCUT2D eigenvalue weighted by Gasteiger charge is 2.38. The SMILES string of the molecule is [C-]#[N+]CC1CN(c2nc(OC[C@]3(C)CCCN3C)nc3c2CCN(c2cccc4ccccc24)C3)CCN1C(=O)OCc1ccccc1. The number of likely N-dealkylation sites (N-methyl/N-ethyl adjacent to an activating group) is 1. The number of rotatable bonds is 8. The molecule has 7 rings (SSSR count). The summed E-state index contributed by atoms with van der Waals surface area (Å²) in [7, 11) is 2.15. The van der Waals surface area contributed by atoms with Crippen LogP contribution in [0.15, 0.2) is 72.8 Å². The first-order chi connectivity index (χ1) is 23.4. The molecule has 3 aliphatic rings. The molecule has 3 aromatic carbocycles. The van der Waals surface area contributed by atoms with Crippen molar-refractivity contribution in [3.8, 4) is 6.01 Å². The molecule has 2 saturated heterocycles. The lowest BCUT2D eigenvalue weighted by Gasteiger charge is -2.41. The van der Waals surface area contributed by atoms with Gasteiger partial charge in [0.25, 0.3) is 0 Å². The van der Waals surface area contributed by atoms with Crippen molar-refractivity contribution >= 4 is 28.4 Å². The van der Waals surface area contributed by atoms with Gasteiger partial charge in [0.1, 0.15) is 25.1 Å². The van der Waals surface area contributed by atoms with Gasteiger partial charge in [-0.3, -0.25) is 9.80 Å². The van der Waals surface area contributed by atoms with E-state index in [-0.39, 0.29) is 30.8 Å². The van der Waals surface area contributed by atoms with Crippen molar-refractivity contribution in [1.29, 1.82) is 0 Å². The largest absolute Gasteiger partial charge is 0.461 e. The van der Waals surface area contributed by atoms with E-state index in [4.69, 9.17) is 26.0 Å². The number of piperazine rings is 1. The Balaban J connectivity index is 1.16. The summed E-state index contributed by atoms with van der Waals surface area (Å²) in [5.74, 6) is 0.852. The van der Waals surface area contributed by atoms with E-state index in [1.807, 2.05) is 30.3 Å². The highest BCUT2D eigenvalue weighted by Crippen LogP contribution is 2.35. The van der Waals surface area contributed by atoms with Crippen LogP contribution in [0.5, 0.6) is 6.01 Å². The maximum Gasteiger partial charge on any atom is 0.410 e. The number of hydrogen-bond acceptors (Lipinski definition) is 8. The number of amides is 1. The van der Waals surface area contributed by atoms with Gasteiger partial charge in [-0.15, -0.1) is 0 Å². The number of carbonyl (C=O) groups is 1. The number of benzene rings is 3. The average Bonchev–Trinajstić information content (AvgIpc) is 3.46. The smallest absolute Gasteiger partial charge is 0.410 e. The van der Waals surface area contributed by atoms with Gasteiger partial charge >= 0.3 is 12.1 Å². The molecule has 2 atom stereocenters. The summed E-state index contributed by atoms with van der Waals surface area (Å²) in [5, 5.41) is 2.44. The minimum absolute atomic E-state index is 0.0686. The molecule has 10 heteroatoms. The first kappa shape index (κ1) is 31.7. The quantitative estimate of drug-likeness (QED) is 0.223. The van der Waals surface area contributed by atoms with E-state index < -0.39 is 0 Å². The van der Waals surface area contributed by atoms with Crippen LogP contribution in [0.25, 0.3) is 15.6 Å². The van der Waals surface area contributed by atoms with Crippen molar-refractivity contribution in [2.24, 2.45) is 0 Å². The lowest BCUT2D eigenvalue weighted by atomic mass is 10.0. The maximum atomic E-state index is 13.2. The van der Waals surface area contributed by atoms with Crippen molar-refractivity contribution in [1.82, 2.24) is 19.8 Å². The fourth-order valence-corrected chi connectivity index (χ4v) is 7.32. The van der Waals surface area contributed by atoms with Gasteiger partial charge in [-0.1, -0.05) is 66.7 Å². The van der Waals surface area contributed by atoms with Crippen LogP contribution in [0.4, 0.5) is 16.3 Å². The van der Waals surface area contributed by atoms with Gasteiger partial charge in [-0.25, -0.2) is 11.4 Å². The Hall–Kier alpha value is -4.88. The number of likely N-dealkylation sites (tertiary alicyclic amines) is 1. The monoisotopic (exact) mass is 645 g/mol. The summed E-state index contributed by atoms with van der Waals surface area (Å²) >= 11 is 0. The van der Waals surface area contributed by atoms with Crippen molar-refractivity contribution in [2.75, 3.05) is 62.7 Å². The van der Waals surface area contributed by atoms with Crippen molar-refractivity contribution in [3.05, 3.63) is 101 Å². The van der Waals surface area contributed by atoms with Gasteiger partial charge in [0.15, 0.2) is 0 Å². The standard InChI is InChI=1S/C38H43N7O3/c1-38(18-10-19-42(38)3)27-48-36-40-33-25-43(34-16-9-14-29-13-7-8-15-31(29)34)20-17-32(33)35(41-36)44-21-22-45(30(24-44)23-39-2)37(46)47-26-28-11-5-4-6-12-28/h4-9,11-16,30H,10,17-27H2,1,3H3/t30?,38-/m0/s1. The predicted octanol–water partition coefficient (Wildman–Crippen LogP) is 5.80. The van der Waals surface area contributed by atoms with Crippen LogP contribution in [0.3, 0.4) is 0 Å². The van der Waals surface area contributed by atoms with Gasteiger partial charge in [-0.2, -0.15) is 9.97 Å². The second-order valence-corrected chi connectivity index (χ2v) is 13.4. The highest BCUT2D eigenvalue weighted by molar-refractivity contribution is 5.94. The van der Waals surface area contributed by atoms with Crippen LogP contribution in [0, 0.1) is 6.57 Å². The molecule has 48 heavy (non-hydrogen) atoms. The molecule has 0 radical (unpaired) electrons. The molecule has 1 aromatic heterocycles. The number of anilines is 2. The van der Waals surface area contributed by atoms with Crippen molar-refractivity contribution < 1.29 is 14.3 Å². The van der Waals surface area contributed by atoms with Gasteiger partial charge in [-0.05, 0) is 56.8 Å². The third-order valence-electron chi connectivity index (χ3n) is 10.3. The van der Waals surface area contributed by atoms with Crippen LogP contribution < -0.4 is 14.5 Å². The summed E-state index contributed by atoms with van der Waals surface area (Å²) in [6.45, 7) is 14.8. The zero-order valence-electron chi connectivity index (χ0n) is 27.8. The number of carbonyl (C=O) groups excluding carboxylic acids is 1. The van der Waals surface area contributed by atoms with E-state index in [0.717, 1.165) is 55.0 Å². The van der Waals surface area contributed by atoms with E-state index in [1.165, 1.54) is 16.5 Å². The molecule has 0 N–H and O–H groups in total. The first-order valence-corrected chi connectivity index (χ1v) is 16.9. The van der Waals surface area contributed by atoms with Crippen LogP contribution in [-0.2, 0) is 24.3 Å². The van der Waals surface area contributed by atoms with Gasteiger partial charge in [0.05, 0.1) is 17.8 Å². The molecule has 248 valence electrons. The predicted molar refractivity (Wildman–Crippen MR) is 187 cm³/mol. The minimum Gasteiger partial charge on any atom is -0.461 e. The molecule has 1 amide bonds. The summed E-state index contributed by atoms with van der Waals surface area (Å²) in [5.41, 5.74) is 4.14. The third-order valence-corrected chi connectivity index (χ3v) is 10.3. The summed E-state index contributed by atoms with van der Waals surface area (Å²) < 4.78 is 12.1. The zero-order chi connectivity index (χ0) is 33.1. The van der Waals surface area contributed by atoms with E-state index in [0.29, 0.717) is 38.8 Å². The summed E-state index contributed by atoms with van der Waals surface area (Å²) in [4.78, 5) is 35.7. The fourth-order valence-electron chi connectivity index (χ4n) is 7.32. The van der Waals surface area contributed by atoms with E-state index in [9.17, 15) is 4.79 Å². The van der Waals surface area contributed by atoms with E-state index in [2.05, 4.69) is 76.0 Å². The van der Waals surface area contributed by atoms with Crippen molar-refractivity contribution in [2.45, 2.75) is 50.9 Å². The van der Waals surface area contributed by atoms with Crippen LogP contribution >= 0.6 is 0 Å². The molecule has 2 fully saturated rings. The lowest BCUT2D eigenvalue weighted by Crippen LogP contribution is -2.57. The normalized spacial score (nSPS) is 21.2. The molecule has 0 saturated carbocycles. The molecule has 10 nitrogen and oxygen atoms in total. The molecule has 0 aliphatic carbocycles. The summed E-state index contributed by atoms with van der Waals surface area (Å²) in [6.07, 6.45) is 2.60.